The van der Waals surface area contributed by atoms with Crippen LogP contribution in [-0.4, -0.2) is 46.9 Å². The van der Waals surface area contributed by atoms with Crippen LogP contribution in [-0.2, 0) is 14.4 Å². The van der Waals surface area contributed by atoms with Crippen molar-refractivity contribution in [1.82, 2.24) is 10.2 Å². The minimum atomic E-state index is -1.09. The molecule has 2 fully saturated rings. The Balaban J connectivity index is 1.76. The molecule has 1 aliphatic heterocycles. The average molecular weight is 268 g/mol. The van der Waals surface area contributed by atoms with Crippen molar-refractivity contribution < 1.29 is 19.5 Å². The van der Waals surface area contributed by atoms with E-state index in [2.05, 4.69) is 5.32 Å². The van der Waals surface area contributed by atoms with Gasteiger partial charge in [-0.3, -0.25) is 14.4 Å². The van der Waals surface area contributed by atoms with Crippen LogP contribution in [0.25, 0.3) is 0 Å². The number of hydrogen-bond acceptors (Lipinski definition) is 3. The number of likely N-dealkylation sites (tertiary alicyclic amines) is 1. The summed E-state index contributed by atoms with van der Waals surface area (Å²) in [6, 6.07) is 0.122. The number of carboxylic acid groups (broad SMARTS) is 1. The zero-order valence-electron chi connectivity index (χ0n) is 11.1. The third kappa shape index (κ3) is 3.45. The Hall–Kier alpha value is -1.59. The molecule has 2 N–H and O–H groups in total. The third-order valence-electron chi connectivity index (χ3n) is 3.84. The Morgan fingerprint density at radius 1 is 1.16 bits per heavy atom. The number of carboxylic acids is 1. The van der Waals surface area contributed by atoms with Crippen molar-refractivity contribution in [3.63, 3.8) is 0 Å². The van der Waals surface area contributed by atoms with Crippen LogP contribution in [0, 0.1) is 11.8 Å². The highest BCUT2D eigenvalue weighted by Gasteiger charge is 2.33. The van der Waals surface area contributed by atoms with E-state index in [1.807, 2.05) is 0 Å². The molecule has 0 radical (unpaired) electrons. The fourth-order valence-electron chi connectivity index (χ4n) is 2.29. The van der Waals surface area contributed by atoms with E-state index in [0.29, 0.717) is 25.9 Å². The van der Waals surface area contributed by atoms with Crippen LogP contribution in [0.3, 0.4) is 0 Å². The number of nitrogens with one attached hydrogen (secondary N) is 1. The van der Waals surface area contributed by atoms with Crippen molar-refractivity contribution in [1.29, 1.82) is 0 Å². The molecule has 1 saturated heterocycles. The summed E-state index contributed by atoms with van der Waals surface area (Å²) < 4.78 is 0. The SMILES string of the molecule is CC(C(=O)O)C(=O)N1CCC(NC(=O)C2CC2)CC1. The van der Waals surface area contributed by atoms with Crippen LogP contribution >= 0.6 is 0 Å². The number of carbonyl (C=O) groups excluding carboxylic acids is 2. The zero-order chi connectivity index (χ0) is 14.0. The summed E-state index contributed by atoms with van der Waals surface area (Å²) in [5, 5.41) is 11.8. The molecular weight excluding hydrogens is 248 g/mol. The van der Waals surface area contributed by atoms with Gasteiger partial charge in [-0.2, -0.15) is 0 Å². The lowest BCUT2D eigenvalue weighted by Crippen LogP contribution is -2.48. The molecule has 19 heavy (non-hydrogen) atoms. The van der Waals surface area contributed by atoms with Crippen molar-refractivity contribution >= 4 is 17.8 Å². The van der Waals surface area contributed by atoms with Gasteiger partial charge in [0.2, 0.25) is 11.8 Å². The highest BCUT2D eigenvalue weighted by atomic mass is 16.4. The molecule has 0 aromatic rings. The molecule has 6 heteroatoms. The molecule has 0 spiro atoms. The first-order valence-corrected chi connectivity index (χ1v) is 6.81. The van der Waals surface area contributed by atoms with E-state index in [4.69, 9.17) is 5.11 Å². The maximum absolute atomic E-state index is 11.8. The molecule has 1 atom stereocenters. The summed E-state index contributed by atoms with van der Waals surface area (Å²) in [6.45, 7) is 2.45. The molecular formula is C13H20N2O4. The number of aliphatic carboxylic acids is 1. The molecule has 2 rings (SSSR count). The maximum Gasteiger partial charge on any atom is 0.315 e. The van der Waals surface area contributed by atoms with Gasteiger partial charge in [0.1, 0.15) is 5.92 Å². The summed E-state index contributed by atoms with van der Waals surface area (Å²) in [7, 11) is 0. The molecule has 106 valence electrons. The second kappa shape index (κ2) is 5.59. The van der Waals surface area contributed by atoms with Crippen LogP contribution in [0.15, 0.2) is 0 Å². The minimum Gasteiger partial charge on any atom is -0.481 e. The first-order valence-electron chi connectivity index (χ1n) is 6.81. The van der Waals surface area contributed by atoms with Crippen LogP contribution < -0.4 is 5.32 Å². The van der Waals surface area contributed by atoms with Crippen LogP contribution in [0.1, 0.15) is 32.6 Å². The average Bonchev–Trinajstić information content (AvgIpc) is 3.22. The largest absolute Gasteiger partial charge is 0.481 e. The Labute approximate surface area is 112 Å². The Kier molecular flexibility index (Phi) is 4.07. The number of rotatable bonds is 4. The van der Waals surface area contributed by atoms with Crippen LogP contribution in [0.4, 0.5) is 0 Å². The van der Waals surface area contributed by atoms with Gasteiger partial charge in [0.05, 0.1) is 0 Å². The number of piperidine rings is 1. The second-order valence-electron chi connectivity index (χ2n) is 5.44. The fourth-order valence-corrected chi connectivity index (χ4v) is 2.29. The van der Waals surface area contributed by atoms with E-state index in [1.165, 1.54) is 6.92 Å². The van der Waals surface area contributed by atoms with E-state index >= 15 is 0 Å². The summed E-state index contributed by atoms with van der Waals surface area (Å²) >= 11 is 0. The fraction of sp³-hybridized carbons (Fsp3) is 0.769. The maximum atomic E-state index is 11.8. The van der Waals surface area contributed by atoms with Crippen LogP contribution in [0.5, 0.6) is 0 Å². The molecule has 1 unspecified atom stereocenters. The number of nitrogens with zero attached hydrogens (tertiary/aromatic N) is 1. The van der Waals surface area contributed by atoms with Gasteiger partial charge in [-0.25, -0.2) is 0 Å². The van der Waals surface area contributed by atoms with Crippen molar-refractivity contribution in [2.45, 2.75) is 38.6 Å². The van der Waals surface area contributed by atoms with Crippen molar-refractivity contribution in [3.8, 4) is 0 Å². The predicted octanol–water partition coefficient (Wildman–Crippen LogP) is 0.224. The smallest absolute Gasteiger partial charge is 0.315 e. The normalized spacial score (nSPS) is 21.8. The highest BCUT2D eigenvalue weighted by molar-refractivity contribution is 5.96. The van der Waals surface area contributed by atoms with E-state index in [1.54, 1.807) is 4.90 Å². The standard InChI is InChI=1S/C13H20N2O4/c1-8(13(18)19)12(17)15-6-4-10(5-7-15)14-11(16)9-2-3-9/h8-10H,2-7H2,1H3,(H,14,16)(H,18,19). The molecule has 2 amide bonds. The van der Waals surface area contributed by atoms with Gasteiger partial charge >= 0.3 is 5.97 Å². The molecule has 0 bridgehead atoms. The lowest BCUT2D eigenvalue weighted by molar-refractivity contribution is -0.150. The van der Waals surface area contributed by atoms with Gasteiger partial charge < -0.3 is 15.3 Å². The summed E-state index contributed by atoms with van der Waals surface area (Å²) in [6.07, 6.45) is 3.38. The summed E-state index contributed by atoms with van der Waals surface area (Å²) in [5.74, 6) is -2.08. The molecule has 1 saturated carbocycles. The first kappa shape index (κ1) is 13.8. The number of amides is 2. The van der Waals surface area contributed by atoms with Crippen molar-refractivity contribution in [3.05, 3.63) is 0 Å². The van der Waals surface area contributed by atoms with Gasteiger partial charge in [0.25, 0.3) is 0 Å². The van der Waals surface area contributed by atoms with Gasteiger partial charge in [0.15, 0.2) is 0 Å². The zero-order valence-corrected chi connectivity index (χ0v) is 11.1. The number of carbonyl (C=O) groups is 3. The highest BCUT2D eigenvalue weighted by Crippen LogP contribution is 2.29. The Morgan fingerprint density at radius 2 is 1.74 bits per heavy atom. The van der Waals surface area contributed by atoms with Crippen molar-refractivity contribution in [2.24, 2.45) is 11.8 Å². The summed E-state index contributed by atoms with van der Waals surface area (Å²) in [4.78, 5) is 35.8. The molecule has 0 aromatic heterocycles. The van der Waals surface area contributed by atoms with E-state index < -0.39 is 11.9 Å². The monoisotopic (exact) mass is 268 g/mol. The molecule has 0 aromatic carbocycles. The van der Waals surface area contributed by atoms with E-state index in [-0.39, 0.29) is 23.8 Å². The molecule has 2 aliphatic rings. The minimum absolute atomic E-state index is 0.122. The topological polar surface area (TPSA) is 86.7 Å². The predicted molar refractivity (Wildman–Crippen MR) is 67.3 cm³/mol. The molecule has 1 heterocycles. The molecule has 1 aliphatic carbocycles. The number of hydrogen-bond donors (Lipinski definition) is 2. The Bertz CT molecular complexity index is 384. The first-order chi connectivity index (χ1) is 8.99. The lowest BCUT2D eigenvalue weighted by Gasteiger charge is -2.33. The molecule has 6 nitrogen and oxygen atoms in total. The quantitative estimate of drug-likeness (QED) is 0.714. The van der Waals surface area contributed by atoms with Gasteiger partial charge in [0, 0.05) is 25.0 Å². The second-order valence-corrected chi connectivity index (χ2v) is 5.44. The van der Waals surface area contributed by atoms with Gasteiger partial charge in [-0.15, -0.1) is 0 Å². The lowest BCUT2D eigenvalue weighted by atomic mass is 10.0. The van der Waals surface area contributed by atoms with E-state index in [0.717, 1.165) is 12.8 Å². The van der Waals surface area contributed by atoms with Crippen LogP contribution in [0.2, 0.25) is 0 Å². The van der Waals surface area contributed by atoms with Gasteiger partial charge in [-0.05, 0) is 32.6 Å². The van der Waals surface area contributed by atoms with E-state index in [9.17, 15) is 14.4 Å². The third-order valence-corrected chi connectivity index (χ3v) is 3.84. The van der Waals surface area contributed by atoms with Crippen molar-refractivity contribution in [2.75, 3.05) is 13.1 Å². The Morgan fingerprint density at radius 3 is 2.21 bits per heavy atom. The summed E-state index contributed by atoms with van der Waals surface area (Å²) in [5.41, 5.74) is 0. The van der Waals surface area contributed by atoms with Gasteiger partial charge in [-0.1, -0.05) is 0 Å².